The molecule has 0 aromatic heterocycles. The van der Waals surface area contributed by atoms with Crippen LogP contribution in [-0.2, 0) is 28.5 Å². The van der Waals surface area contributed by atoms with Crippen LogP contribution in [0.4, 0.5) is 0 Å². The Morgan fingerprint density at radius 2 is 1.47 bits per heavy atom. The largest absolute Gasteiger partial charge is 0.460 e. The fourth-order valence-corrected chi connectivity index (χ4v) is 6.17. The molecule has 0 amide bonds. The van der Waals surface area contributed by atoms with E-state index in [0.29, 0.717) is 43.5 Å². The van der Waals surface area contributed by atoms with Gasteiger partial charge in [0.15, 0.2) is 0 Å². The van der Waals surface area contributed by atoms with E-state index in [0.717, 1.165) is 5.92 Å². The molecule has 3 aliphatic rings. The molecule has 4 atom stereocenters. The number of esters is 2. The zero-order valence-corrected chi connectivity index (χ0v) is 18.5. The van der Waals surface area contributed by atoms with E-state index in [1.165, 1.54) is 38.5 Å². The summed E-state index contributed by atoms with van der Waals surface area (Å²) < 4.78 is 22.4. The lowest BCUT2D eigenvalue weighted by atomic mass is 9.60. The molecule has 6 heteroatoms. The number of hydrogen-bond donors (Lipinski definition) is 0. The van der Waals surface area contributed by atoms with Gasteiger partial charge >= 0.3 is 11.9 Å². The second kappa shape index (κ2) is 9.65. The molecule has 168 valence electrons. The monoisotopic (exact) mass is 420 g/mol. The molecule has 6 nitrogen and oxygen atoms in total. The highest BCUT2D eigenvalue weighted by Crippen LogP contribution is 2.72. The minimum absolute atomic E-state index is 0.144. The summed E-state index contributed by atoms with van der Waals surface area (Å²) in [4.78, 5) is 23.0. The lowest BCUT2D eigenvalue weighted by Gasteiger charge is -2.48. The van der Waals surface area contributed by atoms with Crippen LogP contribution in [0.2, 0.25) is 0 Å². The molecule has 0 aromatic carbocycles. The maximum Gasteiger partial charge on any atom is 0.333 e. The average molecular weight is 421 g/mol. The first-order valence-electron chi connectivity index (χ1n) is 11.1. The standard InChI is InChI=1S/C24H36O6/c1-17(2)21(25)29-12-10-27-15-23-9-7-19(14-23)20-6-5-8-24(20,23)16-28-11-13-30-22(26)18(3)4/h19-20H,1,3,5-16H2,2,4H3. The van der Waals surface area contributed by atoms with Gasteiger partial charge in [-0.25, -0.2) is 9.59 Å². The van der Waals surface area contributed by atoms with Gasteiger partial charge in [0.05, 0.1) is 26.4 Å². The lowest BCUT2D eigenvalue weighted by molar-refractivity contribution is -0.145. The van der Waals surface area contributed by atoms with Crippen molar-refractivity contribution in [3.63, 3.8) is 0 Å². The van der Waals surface area contributed by atoms with Crippen molar-refractivity contribution in [1.29, 1.82) is 0 Å². The number of ether oxygens (including phenoxy) is 4. The van der Waals surface area contributed by atoms with Crippen molar-refractivity contribution in [2.45, 2.75) is 52.4 Å². The molecule has 3 saturated carbocycles. The first kappa shape index (κ1) is 23.0. The van der Waals surface area contributed by atoms with E-state index in [2.05, 4.69) is 13.2 Å². The Morgan fingerprint density at radius 1 is 0.867 bits per heavy atom. The third-order valence-electron chi connectivity index (χ3n) is 7.48. The molecule has 0 radical (unpaired) electrons. The highest BCUT2D eigenvalue weighted by atomic mass is 16.6. The van der Waals surface area contributed by atoms with Crippen molar-refractivity contribution in [3.05, 3.63) is 24.3 Å². The van der Waals surface area contributed by atoms with Gasteiger partial charge < -0.3 is 18.9 Å². The number of carbonyl (C=O) groups excluding carboxylic acids is 2. The van der Waals surface area contributed by atoms with Crippen molar-refractivity contribution in [1.82, 2.24) is 0 Å². The van der Waals surface area contributed by atoms with E-state index in [-0.39, 0.29) is 36.0 Å². The topological polar surface area (TPSA) is 71.1 Å². The molecule has 0 aromatic rings. The number of carbonyl (C=O) groups is 2. The van der Waals surface area contributed by atoms with Crippen LogP contribution in [0.3, 0.4) is 0 Å². The molecule has 0 heterocycles. The van der Waals surface area contributed by atoms with Crippen molar-refractivity contribution in [3.8, 4) is 0 Å². The summed E-state index contributed by atoms with van der Waals surface area (Å²) in [6.07, 6.45) is 7.35. The van der Waals surface area contributed by atoms with E-state index in [4.69, 9.17) is 18.9 Å². The molecule has 3 aliphatic carbocycles. The fourth-order valence-electron chi connectivity index (χ4n) is 6.17. The third-order valence-corrected chi connectivity index (χ3v) is 7.48. The number of hydrogen-bond acceptors (Lipinski definition) is 6. The number of fused-ring (bicyclic) bond motifs is 5. The fraction of sp³-hybridized carbons (Fsp3) is 0.750. The average Bonchev–Trinajstić information content (AvgIpc) is 3.38. The summed E-state index contributed by atoms with van der Waals surface area (Å²) in [5, 5.41) is 0. The summed E-state index contributed by atoms with van der Waals surface area (Å²) in [6.45, 7) is 13.2. The highest BCUT2D eigenvalue weighted by molar-refractivity contribution is 5.87. The van der Waals surface area contributed by atoms with E-state index in [1.54, 1.807) is 13.8 Å². The SMILES string of the molecule is C=C(C)C(=O)OCCOCC12CCC(C1)C1CCCC12COCCOC(=O)C(=C)C. The van der Waals surface area contributed by atoms with Gasteiger partial charge in [0, 0.05) is 22.0 Å². The maximum absolute atomic E-state index is 11.5. The van der Waals surface area contributed by atoms with E-state index < -0.39 is 0 Å². The molecule has 0 spiro atoms. The van der Waals surface area contributed by atoms with Crippen LogP contribution in [0.5, 0.6) is 0 Å². The van der Waals surface area contributed by atoms with Gasteiger partial charge in [-0.2, -0.15) is 0 Å². The van der Waals surface area contributed by atoms with Gasteiger partial charge in [0.2, 0.25) is 0 Å². The molecular formula is C24H36O6. The Labute approximate surface area is 180 Å². The Balaban J connectivity index is 1.51. The molecule has 4 unspecified atom stereocenters. The number of rotatable bonds is 12. The van der Waals surface area contributed by atoms with E-state index in [9.17, 15) is 9.59 Å². The van der Waals surface area contributed by atoms with Gasteiger partial charge in [-0.3, -0.25) is 0 Å². The summed E-state index contributed by atoms with van der Waals surface area (Å²) >= 11 is 0. The Bertz CT molecular complexity index is 685. The molecular weight excluding hydrogens is 384 g/mol. The van der Waals surface area contributed by atoms with Crippen molar-refractivity contribution < 1.29 is 28.5 Å². The quantitative estimate of drug-likeness (QED) is 0.271. The Hall–Kier alpha value is -1.66. The van der Waals surface area contributed by atoms with Gasteiger partial charge in [-0.05, 0) is 57.8 Å². The van der Waals surface area contributed by atoms with Crippen LogP contribution in [0.15, 0.2) is 24.3 Å². The summed E-state index contributed by atoms with van der Waals surface area (Å²) in [6, 6.07) is 0. The molecule has 2 bridgehead atoms. The van der Waals surface area contributed by atoms with E-state index >= 15 is 0 Å². The van der Waals surface area contributed by atoms with Crippen molar-refractivity contribution >= 4 is 11.9 Å². The molecule has 0 N–H and O–H groups in total. The highest BCUT2D eigenvalue weighted by Gasteiger charge is 2.67. The van der Waals surface area contributed by atoms with E-state index in [1.807, 2.05) is 0 Å². The van der Waals surface area contributed by atoms with Crippen LogP contribution in [0, 0.1) is 22.7 Å². The first-order valence-corrected chi connectivity index (χ1v) is 11.1. The van der Waals surface area contributed by atoms with Crippen molar-refractivity contribution in [2.24, 2.45) is 22.7 Å². The predicted octanol–water partition coefficient (Wildman–Crippen LogP) is 3.84. The maximum atomic E-state index is 11.5. The van der Waals surface area contributed by atoms with Crippen LogP contribution in [0.25, 0.3) is 0 Å². The second-order valence-electron chi connectivity index (χ2n) is 9.38. The molecule has 3 fully saturated rings. The second-order valence-corrected chi connectivity index (χ2v) is 9.38. The Kier molecular flexibility index (Phi) is 7.40. The van der Waals surface area contributed by atoms with Gasteiger partial charge in [0.25, 0.3) is 0 Å². The van der Waals surface area contributed by atoms with Gasteiger partial charge in [-0.15, -0.1) is 0 Å². The third kappa shape index (κ3) is 4.50. The zero-order chi connectivity index (χ0) is 21.8. The summed E-state index contributed by atoms with van der Waals surface area (Å²) in [5.41, 5.74) is 1.11. The molecule has 0 saturated heterocycles. The van der Waals surface area contributed by atoms with Crippen LogP contribution >= 0.6 is 0 Å². The normalized spacial score (nSPS) is 31.4. The molecule has 30 heavy (non-hydrogen) atoms. The van der Waals surface area contributed by atoms with Crippen LogP contribution < -0.4 is 0 Å². The smallest absolute Gasteiger partial charge is 0.333 e. The molecule has 3 rings (SSSR count). The van der Waals surface area contributed by atoms with Crippen LogP contribution in [0.1, 0.15) is 52.4 Å². The van der Waals surface area contributed by atoms with Gasteiger partial charge in [0.1, 0.15) is 13.2 Å². The minimum Gasteiger partial charge on any atom is -0.460 e. The predicted molar refractivity (Wildman–Crippen MR) is 113 cm³/mol. The first-order chi connectivity index (χ1) is 14.3. The zero-order valence-electron chi connectivity index (χ0n) is 18.5. The molecule has 0 aliphatic heterocycles. The Morgan fingerprint density at radius 3 is 2.07 bits per heavy atom. The summed E-state index contributed by atoms with van der Waals surface area (Å²) in [5.74, 6) is 0.732. The lowest BCUT2D eigenvalue weighted by Crippen LogP contribution is -2.47. The van der Waals surface area contributed by atoms with Crippen LogP contribution in [-0.4, -0.2) is 51.6 Å². The summed E-state index contributed by atoms with van der Waals surface area (Å²) in [7, 11) is 0. The minimum atomic E-state index is -0.369. The van der Waals surface area contributed by atoms with Crippen molar-refractivity contribution in [2.75, 3.05) is 39.6 Å². The van der Waals surface area contributed by atoms with Gasteiger partial charge in [-0.1, -0.05) is 19.6 Å².